The first kappa shape index (κ1) is 13.1. The summed E-state index contributed by atoms with van der Waals surface area (Å²) in [7, 11) is 0. The lowest BCUT2D eigenvalue weighted by molar-refractivity contribution is 0.0998. The average molecular weight is 257 g/mol. The van der Waals surface area contributed by atoms with Crippen LogP contribution in [-0.2, 0) is 13.2 Å². The van der Waals surface area contributed by atoms with Crippen LogP contribution < -0.4 is 10.5 Å². The van der Waals surface area contributed by atoms with Crippen molar-refractivity contribution in [2.75, 3.05) is 0 Å². The molecule has 2 rings (SSSR count). The van der Waals surface area contributed by atoms with Gasteiger partial charge < -0.3 is 15.6 Å². The van der Waals surface area contributed by atoms with Crippen LogP contribution in [0.4, 0.5) is 0 Å². The molecule has 0 atom stereocenters. The highest BCUT2D eigenvalue weighted by atomic mass is 16.5. The average Bonchev–Trinajstić information content (AvgIpc) is 2.46. The highest BCUT2D eigenvalue weighted by molar-refractivity contribution is 5.94. The summed E-state index contributed by atoms with van der Waals surface area (Å²) in [5.74, 6) is 0.214. The Morgan fingerprint density at radius 3 is 2.42 bits per heavy atom. The van der Waals surface area contributed by atoms with E-state index in [0.29, 0.717) is 11.3 Å². The Hall–Kier alpha value is -2.33. The summed E-state index contributed by atoms with van der Waals surface area (Å²) in [6, 6.07) is 14.2. The maximum Gasteiger partial charge on any atom is 0.249 e. The van der Waals surface area contributed by atoms with Crippen LogP contribution >= 0.6 is 0 Å². The fourth-order valence-corrected chi connectivity index (χ4v) is 1.74. The van der Waals surface area contributed by atoms with E-state index in [-0.39, 0.29) is 13.2 Å². The minimum absolute atomic E-state index is 0.00475. The Morgan fingerprint density at radius 1 is 1.11 bits per heavy atom. The van der Waals surface area contributed by atoms with Crippen molar-refractivity contribution < 1.29 is 14.6 Å². The van der Waals surface area contributed by atoms with Gasteiger partial charge in [-0.25, -0.2) is 0 Å². The zero-order chi connectivity index (χ0) is 13.7. The summed E-state index contributed by atoms with van der Waals surface area (Å²) in [4.78, 5) is 11.3. The van der Waals surface area contributed by atoms with Gasteiger partial charge in [-0.1, -0.05) is 30.3 Å². The van der Waals surface area contributed by atoms with Crippen molar-refractivity contribution in [1.29, 1.82) is 0 Å². The zero-order valence-corrected chi connectivity index (χ0v) is 10.4. The molecule has 0 spiro atoms. The van der Waals surface area contributed by atoms with E-state index in [9.17, 15) is 4.79 Å². The van der Waals surface area contributed by atoms with Crippen molar-refractivity contribution >= 4 is 5.91 Å². The molecule has 4 nitrogen and oxygen atoms in total. The molecule has 0 radical (unpaired) electrons. The number of carbonyl (C=O) groups is 1. The summed E-state index contributed by atoms with van der Waals surface area (Å²) in [5, 5.41) is 8.94. The Labute approximate surface area is 111 Å². The van der Waals surface area contributed by atoms with Crippen molar-refractivity contribution in [1.82, 2.24) is 0 Å². The molecule has 0 aliphatic rings. The number of nitrogens with two attached hydrogens (primary N) is 1. The van der Waals surface area contributed by atoms with Crippen molar-refractivity contribution in [2.45, 2.75) is 13.2 Å². The maximum atomic E-state index is 11.3. The highest BCUT2D eigenvalue weighted by Gasteiger charge is 2.07. The second kappa shape index (κ2) is 6.02. The molecule has 2 aromatic carbocycles. The number of primary amides is 1. The second-order valence-corrected chi connectivity index (χ2v) is 4.11. The van der Waals surface area contributed by atoms with Gasteiger partial charge in [0.1, 0.15) is 12.4 Å². The minimum atomic E-state index is -0.463. The van der Waals surface area contributed by atoms with Crippen LogP contribution in [0, 0.1) is 0 Å². The first-order chi connectivity index (χ1) is 9.20. The Bertz CT molecular complexity index is 564. The molecule has 0 saturated carbocycles. The number of rotatable bonds is 5. The van der Waals surface area contributed by atoms with E-state index in [0.717, 1.165) is 11.1 Å². The van der Waals surface area contributed by atoms with Gasteiger partial charge in [-0.2, -0.15) is 0 Å². The largest absolute Gasteiger partial charge is 0.489 e. The number of aliphatic hydroxyl groups is 1. The van der Waals surface area contributed by atoms with Gasteiger partial charge in [-0.15, -0.1) is 0 Å². The van der Waals surface area contributed by atoms with Gasteiger partial charge in [-0.05, 0) is 23.8 Å². The molecule has 0 aliphatic carbocycles. The lowest BCUT2D eigenvalue weighted by Crippen LogP contribution is -2.14. The monoisotopic (exact) mass is 257 g/mol. The summed E-state index contributed by atoms with van der Waals surface area (Å²) in [5.41, 5.74) is 7.34. The second-order valence-electron chi connectivity index (χ2n) is 4.11. The molecule has 0 fully saturated rings. The van der Waals surface area contributed by atoms with Gasteiger partial charge in [0.2, 0.25) is 5.91 Å². The van der Waals surface area contributed by atoms with Crippen LogP contribution in [0.25, 0.3) is 0 Å². The molecule has 0 saturated heterocycles. The molecule has 3 N–H and O–H groups in total. The normalized spacial score (nSPS) is 10.2. The molecule has 0 heterocycles. The molecular formula is C15H15NO3. The lowest BCUT2D eigenvalue weighted by Gasteiger charge is -2.09. The Morgan fingerprint density at radius 2 is 1.79 bits per heavy atom. The van der Waals surface area contributed by atoms with E-state index in [1.807, 2.05) is 12.1 Å². The number of amides is 1. The van der Waals surface area contributed by atoms with E-state index < -0.39 is 5.91 Å². The number of benzene rings is 2. The molecule has 1 amide bonds. The molecule has 0 bridgehead atoms. The molecule has 2 aromatic rings. The van der Waals surface area contributed by atoms with E-state index in [2.05, 4.69) is 0 Å². The van der Waals surface area contributed by atoms with Crippen molar-refractivity contribution in [3.63, 3.8) is 0 Å². The molecule has 0 unspecified atom stereocenters. The fourth-order valence-electron chi connectivity index (χ4n) is 1.74. The summed E-state index contributed by atoms with van der Waals surface area (Å²) in [6.45, 7) is 0.280. The lowest BCUT2D eigenvalue weighted by atomic mass is 10.1. The predicted molar refractivity (Wildman–Crippen MR) is 71.7 cm³/mol. The van der Waals surface area contributed by atoms with Crippen LogP contribution in [-0.4, -0.2) is 11.0 Å². The first-order valence-corrected chi connectivity index (χ1v) is 5.91. The molecule has 19 heavy (non-hydrogen) atoms. The van der Waals surface area contributed by atoms with Crippen molar-refractivity contribution in [3.8, 4) is 5.75 Å². The molecule has 4 heteroatoms. The molecule has 0 aliphatic heterocycles. The minimum Gasteiger partial charge on any atom is -0.489 e. The van der Waals surface area contributed by atoms with E-state index in [1.54, 1.807) is 36.4 Å². The first-order valence-electron chi connectivity index (χ1n) is 5.91. The van der Waals surface area contributed by atoms with Gasteiger partial charge in [0, 0.05) is 11.1 Å². The predicted octanol–water partition coefficient (Wildman–Crippen LogP) is 1.86. The Balaban J connectivity index is 2.07. The van der Waals surface area contributed by atoms with Crippen LogP contribution in [0.2, 0.25) is 0 Å². The number of aliphatic hydroxyl groups excluding tert-OH is 1. The van der Waals surface area contributed by atoms with Gasteiger partial charge in [0.15, 0.2) is 0 Å². The number of hydrogen-bond acceptors (Lipinski definition) is 3. The van der Waals surface area contributed by atoms with Crippen molar-refractivity contribution in [3.05, 3.63) is 65.2 Å². The third kappa shape index (κ3) is 3.33. The van der Waals surface area contributed by atoms with Gasteiger partial charge in [0.25, 0.3) is 0 Å². The zero-order valence-electron chi connectivity index (χ0n) is 10.4. The quantitative estimate of drug-likeness (QED) is 0.858. The van der Waals surface area contributed by atoms with Crippen LogP contribution in [0.5, 0.6) is 5.75 Å². The third-order valence-electron chi connectivity index (χ3n) is 2.78. The topological polar surface area (TPSA) is 72.6 Å². The summed E-state index contributed by atoms with van der Waals surface area (Å²) < 4.78 is 5.59. The standard InChI is InChI=1S/C15H15NO3/c16-15(18)14-4-2-1-3-12(14)10-19-13-7-5-11(9-17)6-8-13/h1-8,17H,9-10H2,(H2,16,18). The van der Waals surface area contributed by atoms with E-state index in [4.69, 9.17) is 15.6 Å². The van der Waals surface area contributed by atoms with Crippen molar-refractivity contribution in [2.24, 2.45) is 5.73 Å². The SMILES string of the molecule is NC(=O)c1ccccc1COc1ccc(CO)cc1. The van der Waals surface area contributed by atoms with E-state index in [1.165, 1.54) is 0 Å². The van der Waals surface area contributed by atoms with Crippen LogP contribution in [0.15, 0.2) is 48.5 Å². The molecular weight excluding hydrogens is 242 g/mol. The molecule has 98 valence electrons. The summed E-state index contributed by atoms with van der Waals surface area (Å²) in [6.07, 6.45) is 0. The van der Waals surface area contributed by atoms with E-state index >= 15 is 0 Å². The van der Waals surface area contributed by atoms with Crippen LogP contribution in [0.1, 0.15) is 21.5 Å². The fraction of sp³-hybridized carbons (Fsp3) is 0.133. The van der Waals surface area contributed by atoms with Gasteiger partial charge in [0.05, 0.1) is 6.61 Å². The third-order valence-corrected chi connectivity index (χ3v) is 2.78. The molecule has 0 aromatic heterocycles. The number of hydrogen-bond donors (Lipinski definition) is 2. The number of ether oxygens (including phenoxy) is 1. The van der Waals surface area contributed by atoms with Gasteiger partial charge >= 0.3 is 0 Å². The van der Waals surface area contributed by atoms with Gasteiger partial charge in [-0.3, -0.25) is 4.79 Å². The maximum absolute atomic E-state index is 11.3. The van der Waals surface area contributed by atoms with Crippen LogP contribution in [0.3, 0.4) is 0 Å². The summed E-state index contributed by atoms with van der Waals surface area (Å²) >= 11 is 0. The number of carbonyl (C=O) groups excluding carboxylic acids is 1. The highest BCUT2D eigenvalue weighted by Crippen LogP contribution is 2.16. The Kier molecular flexibility index (Phi) is 4.15. The smallest absolute Gasteiger partial charge is 0.249 e.